The second-order valence-corrected chi connectivity index (χ2v) is 2.47. The molecule has 0 unspecified atom stereocenters. The summed E-state index contributed by atoms with van der Waals surface area (Å²) in [6, 6.07) is 3.40. The molecular weight excluding hydrogens is 178 g/mol. The highest BCUT2D eigenvalue weighted by Gasteiger charge is 2.02. The zero-order valence-electron chi connectivity index (χ0n) is 7.82. The molecule has 0 aliphatic rings. The predicted molar refractivity (Wildman–Crippen MR) is 50.5 cm³/mol. The third kappa shape index (κ3) is 2.46. The van der Waals surface area contributed by atoms with Gasteiger partial charge in [-0.05, 0) is 0 Å². The normalized spacial score (nSPS) is 8.79. The van der Waals surface area contributed by atoms with Crippen LogP contribution in [0.25, 0.3) is 0 Å². The second kappa shape index (κ2) is 4.84. The van der Waals surface area contributed by atoms with Crippen molar-refractivity contribution in [2.75, 3.05) is 6.61 Å². The Morgan fingerprint density at radius 2 is 2.36 bits per heavy atom. The Morgan fingerprint density at radius 1 is 1.57 bits per heavy atom. The van der Waals surface area contributed by atoms with Crippen molar-refractivity contribution in [1.82, 2.24) is 9.97 Å². The lowest BCUT2D eigenvalue weighted by Crippen LogP contribution is -2.02. The molecule has 0 saturated heterocycles. The average Bonchev–Trinajstić information content (AvgIpc) is 2.25. The number of ether oxygens (including phenoxy) is 1. The predicted octanol–water partition coefficient (Wildman–Crippen LogP) is 0.923. The van der Waals surface area contributed by atoms with Crippen molar-refractivity contribution in [3.05, 3.63) is 17.6 Å². The Morgan fingerprint density at radius 3 is 2.93 bits per heavy atom. The maximum absolute atomic E-state index is 8.67. The largest absolute Gasteiger partial charge is 0.464 e. The lowest BCUT2D eigenvalue weighted by Gasteiger charge is -2.02. The summed E-state index contributed by atoms with van der Waals surface area (Å²) in [6.45, 7) is 2.05. The molecule has 0 saturated carbocycles. The number of nitrogens with zero attached hydrogens (tertiary/aromatic N) is 3. The summed E-state index contributed by atoms with van der Waals surface area (Å²) in [7, 11) is 0. The first-order chi connectivity index (χ1) is 6.80. The maximum atomic E-state index is 8.67. The minimum Gasteiger partial charge on any atom is -0.464 e. The highest BCUT2D eigenvalue weighted by molar-refractivity contribution is 5.26. The van der Waals surface area contributed by atoms with Crippen molar-refractivity contribution in [3.63, 3.8) is 0 Å². The van der Waals surface area contributed by atoms with E-state index in [1.165, 1.54) is 6.07 Å². The molecular formula is C10H9N3O. The van der Waals surface area contributed by atoms with Crippen LogP contribution in [0.15, 0.2) is 6.07 Å². The van der Waals surface area contributed by atoms with Crippen molar-refractivity contribution in [3.8, 4) is 24.3 Å². The quantitative estimate of drug-likeness (QED) is 0.660. The van der Waals surface area contributed by atoms with Crippen LogP contribution in [-0.2, 0) is 6.42 Å². The molecule has 4 nitrogen and oxygen atoms in total. The van der Waals surface area contributed by atoms with E-state index in [0.29, 0.717) is 23.8 Å². The minimum absolute atomic E-state index is 0.144. The summed E-state index contributed by atoms with van der Waals surface area (Å²) in [4.78, 5) is 8.03. The third-order valence-corrected chi connectivity index (χ3v) is 1.48. The Labute approximate surface area is 82.6 Å². The van der Waals surface area contributed by atoms with Crippen LogP contribution in [0, 0.1) is 23.7 Å². The Kier molecular flexibility index (Phi) is 3.46. The number of hydrogen-bond donors (Lipinski definition) is 0. The number of nitriles is 1. The van der Waals surface area contributed by atoms with Gasteiger partial charge >= 0.3 is 0 Å². The van der Waals surface area contributed by atoms with E-state index < -0.39 is 0 Å². The number of rotatable bonds is 3. The van der Waals surface area contributed by atoms with Gasteiger partial charge in [-0.25, -0.2) is 4.98 Å². The van der Waals surface area contributed by atoms with E-state index in [2.05, 4.69) is 15.9 Å². The van der Waals surface area contributed by atoms with Crippen molar-refractivity contribution in [2.45, 2.75) is 13.3 Å². The SMILES string of the molecule is C#CCOc1cc(C#N)nc(CC)n1. The van der Waals surface area contributed by atoms with Gasteiger partial charge in [-0.1, -0.05) is 12.8 Å². The number of terminal acetylenes is 1. The monoisotopic (exact) mass is 187 g/mol. The topological polar surface area (TPSA) is 58.8 Å². The third-order valence-electron chi connectivity index (χ3n) is 1.48. The van der Waals surface area contributed by atoms with Crippen LogP contribution in [0.5, 0.6) is 5.88 Å². The van der Waals surface area contributed by atoms with Crippen LogP contribution < -0.4 is 4.74 Å². The van der Waals surface area contributed by atoms with Gasteiger partial charge in [-0.15, -0.1) is 6.42 Å². The summed E-state index contributed by atoms with van der Waals surface area (Å²) >= 11 is 0. The van der Waals surface area contributed by atoms with E-state index in [1.807, 2.05) is 13.0 Å². The molecule has 70 valence electrons. The molecule has 1 aromatic rings. The molecule has 14 heavy (non-hydrogen) atoms. The van der Waals surface area contributed by atoms with Gasteiger partial charge in [0.2, 0.25) is 5.88 Å². The van der Waals surface area contributed by atoms with Crippen molar-refractivity contribution < 1.29 is 4.74 Å². The molecule has 0 aliphatic heterocycles. The van der Waals surface area contributed by atoms with Gasteiger partial charge in [-0.3, -0.25) is 0 Å². The molecule has 1 aromatic heterocycles. The zero-order valence-corrected chi connectivity index (χ0v) is 7.82. The molecule has 4 heteroatoms. The Balaban J connectivity index is 2.95. The molecule has 0 radical (unpaired) electrons. The van der Waals surface area contributed by atoms with Gasteiger partial charge in [0.05, 0.1) is 0 Å². The molecule has 0 N–H and O–H groups in total. The Hall–Kier alpha value is -2.07. The summed E-state index contributed by atoms with van der Waals surface area (Å²) in [5.41, 5.74) is 0.295. The average molecular weight is 187 g/mol. The highest BCUT2D eigenvalue weighted by Crippen LogP contribution is 2.08. The standard InChI is InChI=1S/C10H9N3O/c1-3-5-14-10-6-8(7-11)12-9(4-2)13-10/h1,6H,4-5H2,2H3. The lowest BCUT2D eigenvalue weighted by atomic mass is 10.4. The van der Waals surface area contributed by atoms with Crippen LogP contribution >= 0.6 is 0 Å². The maximum Gasteiger partial charge on any atom is 0.218 e. The number of aromatic nitrogens is 2. The smallest absolute Gasteiger partial charge is 0.218 e. The zero-order chi connectivity index (χ0) is 10.4. The van der Waals surface area contributed by atoms with Crippen LogP contribution in [0.3, 0.4) is 0 Å². The molecule has 0 fully saturated rings. The van der Waals surface area contributed by atoms with Gasteiger partial charge in [-0.2, -0.15) is 10.2 Å². The van der Waals surface area contributed by atoms with Crippen LogP contribution in [0.1, 0.15) is 18.4 Å². The van der Waals surface area contributed by atoms with Gasteiger partial charge < -0.3 is 4.74 Å². The fourth-order valence-electron chi connectivity index (χ4n) is 0.878. The fourth-order valence-corrected chi connectivity index (χ4v) is 0.878. The van der Waals surface area contributed by atoms with E-state index >= 15 is 0 Å². The van der Waals surface area contributed by atoms with E-state index in [-0.39, 0.29) is 6.61 Å². The lowest BCUT2D eigenvalue weighted by molar-refractivity contribution is 0.353. The molecule has 0 atom stereocenters. The number of aryl methyl sites for hydroxylation is 1. The summed E-state index contributed by atoms with van der Waals surface area (Å²) in [6.07, 6.45) is 5.69. The van der Waals surface area contributed by atoms with Gasteiger partial charge in [0, 0.05) is 12.5 Å². The van der Waals surface area contributed by atoms with Crippen LogP contribution in [0.2, 0.25) is 0 Å². The van der Waals surface area contributed by atoms with Crippen molar-refractivity contribution in [2.24, 2.45) is 0 Å². The molecule has 1 rings (SSSR count). The van der Waals surface area contributed by atoms with Crippen LogP contribution in [-0.4, -0.2) is 16.6 Å². The van der Waals surface area contributed by atoms with Gasteiger partial charge in [0.25, 0.3) is 0 Å². The minimum atomic E-state index is 0.144. The van der Waals surface area contributed by atoms with E-state index in [1.54, 1.807) is 0 Å². The first-order valence-corrected chi connectivity index (χ1v) is 4.14. The molecule has 0 aliphatic carbocycles. The molecule has 0 aromatic carbocycles. The summed E-state index contributed by atoms with van der Waals surface area (Å²) < 4.78 is 5.10. The first-order valence-electron chi connectivity index (χ1n) is 4.14. The van der Waals surface area contributed by atoms with Crippen molar-refractivity contribution in [1.29, 1.82) is 5.26 Å². The summed E-state index contributed by atoms with van der Waals surface area (Å²) in [5, 5.41) is 8.67. The highest BCUT2D eigenvalue weighted by atomic mass is 16.5. The van der Waals surface area contributed by atoms with Crippen molar-refractivity contribution >= 4 is 0 Å². The summed E-state index contributed by atoms with van der Waals surface area (Å²) in [5.74, 6) is 3.26. The van der Waals surface area contributed by atoms with Gasteiger partial charge in [0.15, 0.2) is 6.61 Å². The van der Waals surface area contributed by atoms with E-state index in [9.17, 15) is 0 Å². The molecule has 1 heterocycles. The van der Waals surface area contributed by atoms with E-state index in [4.69, 9.17) is 16.4 Å². The molecule has 0 spiro atoms. The van der Waals surface area contributed by atoms with Crippen LogP contribution in [0.4, 0.5) is 0 Å². The Bertz CT molecular complexity index is 401. The first kappa shape index (κ1) is 10.0. The molecule has 0 amide bonds. The van der Waals surface area contributed by atoms with Gasteiger partial charge in [0.1, 0.15) is 17.6 Å². The fraction of sp³-hybridized carbons (Fsp3) is 0.300. The number of hydrogen-bond acceptors (Lipinski definition) is 4. The molecule has 0 bridgehead atoms. The second-order valence-electron chi connectivity index (χ2n) is 2.47. The van der Waals surface area contributed by atoms with E-state index in [0.717, 1.165) is 0 Å².